The summed E-state index contributed by atoms with van der Waals surface area (Å²) in [5, 5.41) is 19.4. The number of pyridine rings is 1. The molecule has 0 saturated heterocycles. The van der Waals surface area contributed by atoms with Gasteiger partial charge in [0.2, 0.25) is 5.88 Å². The molecule has 0 radical (unpaired) electrons. The minimum Gasteiger partial charge on any atom is -0.508 e. The number of allylic oxidation sites excluding steroid dienone is 1. The van der Waals surface area contributed by atoms with Gasteiger partial charge in [0.1, 0.15) is 23.1 Å². The van der Waals surface area contributed by atoms with E-state index >= 15 is 0 Å². The van der Waals surface area contributed by atoms with E-state index in [2.05, 4.69) is 6.07 Å². The maximum atomic E-state index is 13.5. The fraction of sp³-hybridized carbons (Fsp3) is 0.167. The topological polar surface area (TPSA) is 101 Å². The lowest BCUT2D eigenvalue weighted by Crippen LogP contribution is -2.33. The van der Waals surface area contributed by atoms with Crippen molar-refractivity contribution in [3.63, 3.8) is 0 Å². The summed E-state index contributed by atoms with van der Waals surface area (Å²) in [7, 11) is 0. The fourth-order valence-electron chi connectivity index (χ4n) is 3.85. The van der Waals surface area contributed by atoms with Crippen molar-refractivity contribution in [2.45, 2.75) is 25.8 Å². The molecule has 3 N–H and O–H groups in total. The van der Waals surface area contributed by atoms with E-state index in [0.29, 0.717) is 29.8 Å². The number of rotatable bonds is 4. The van der Waals surface area contributed by atoms with E-state index in [-0.39, 0.29) is 22.8 Å². The van der Waals surface area contributed by atoms with Crippen molar-refractivity contribution >= 4 is 0 Å². The van der Waals surface area contributed by atoms with Gasteiger partial charge >= 0.3 is 0 Å². The summed E-state index contributed by atoms with van der Waals surface area (Å²) in [6, 6.07) is 20.3. The van der Waals surface area contributed by atoms with Crippen molar-refractivity contribution in [3.8, 4) is 17.6 Å². The molecule has 1 aliphatic rings. The Hall–Kier alpha value is -3.98. The molecule has 1 unspecified atom stereocenters. The Labute approximate surface area is 174 Å². The Kier molecular flexibility index (Phi) is 5.03. The van der Waals surface area contributed by atoms with Crippen LogP contribution in [0, 0.1) is 18.3 Å². The van der Waals surface area contributed by atoms with Crippen LogP contribution in [0.5, 0.6) is 11.5 Å². The highest BCUT2D eigenvalue weighted by molar-refractivity contribution is 5.55. The fourth-order valence-corrected chi connectivity index (χ4v) is 3.85. The molecule has 0 bridgehead atoms. The standard InChI is InChI=1S/C24H21N3O3/c1-15-13-20-22(24(29)27(15)12-11-16-5-3-2-4-6-16)21(19(14-25)23(26)30-20)17-7-9-18(28)10-8-17/h2-10,13,21,28H,11-12,26H2,1H3. The molecular weight excluding hydrogens is 378 g/mol. The Morgan fingerprint density at radius 1 is 1.17 bits per heavy atom. The van der Waals surface area contributed by atoms with E-state index in [1.807, 2.05) is 37.3 Å². The third-order valence-corrected chi connectivity index (χ3v) is 5.38. The van der Waals surface area contributed by atoms with Gasteiger partial charge in [-0.2, -0.15) is 5.26 Å². The van der Waals surface area contributed by atoms with Crippen LogP contribution in [-0.4, -0.2) is 9.67 Å². The molecule has 0 fully saturated rings. The summed E-state index contributed by atoms with van der Waals surface area (Å²) in [4.78, 5) is 13.5. The Morgan fingerprint density at radius 2 is 1.87 bits per heavy atom. The molecule has 150 valence electrons. The number of aryl methyl sites for hydroxylation is 2. The third kappa shape index (κ3) is 3.42. The number of aromatic nitrogens is 1. The maximum Gasteiger partial charge on any atom is 0.258 e. The second-order valence-electron chi connectivity index (χ2n) is 7.27. The summed E-state index contributed by atoms with van der Waals surface area (Å²) in [6.07, 6.45) is 0.703. The Bertz CT molecular complexity index is 1220. The highest BCUT2D eigenvalue weighted by Gasteiger charge is 2.34. The average molecular weight is 399 g/mol. The first-order valence-corrected chi connectivity index (χ1v) is 9.64. The molecule has 3 aromatic rings. The van der Waals surface area contributed by atoms with E-state index in [1.54, 1.807) is 22.8 Å². The molecule has 2 heterocycles. The van der Waals surface area contributed by atoms with Crippen molar-refractivity contribution < 1.29 is 9.84 Å². The number of ether oxygens (including phenoxy) is 1. The average Bonchev–Trinajstić information content (AvgIpc) is 2.74. The molecule has 30 heavy (non-hydrogen) atoms. The normalized spacial score (nSPS) is 15.3. The molecule has 1 aromatic heterocycles. The molecular formula is C24H21N3O3. The lowest BCUT2D eigenvalue weighted by atomic mass is 9.84. The van der Waals surface area contributed by atoms with Crippen molar-refractivity contribution in [1.82, 2.24) is 4.57 Å². The SMILES string of the molecule is Cc1cc2c(c(=O)n1CCc1ccccc1)C(c1ccc(O)cc1)C(C#N)=C(N)O2. The Balaban J connectivity index is 1.83. The molecule has 1 aliphatic heterocycles. The van der Waals surface area contributed by atoms with Gasteiger partial charge in [-0.1, -0.05) is 42.5 Å². The van der Waals surface area contributed by atoms with Gasteiger partial charge in [0.15, 0.2) is 0 Å². The lowest BCUT2D eigenvalue weighted by molar-refractivity contribution is 0.388. The first kappa shape index (κ1) is 19.3. The van der Waals surface area contributed by atoms with Gasteiger partial charge in [-0.05, 0) is 36.6 Å². The quantitative estimate of drug-likeness (QED) is 0.701. The largest absolute Gasteiger partial charge is 0.508 e. The molecule has 6 heteroatoms. The van der Waals surface area contributed by atoms with Crippen LogP contribution in [0.4, 0.5) is 0 Å². The second-order valence-corrected chi connectivity index (χ2v) is 7.27. The van der Waals surface area contributed by atoms with Gasteiger partial charge in [-0.25, -0.2) is 0 Å². The zero-order valence-corrected chi connectivity index (χ0v) is 16.5. The molecule has 6 nitrogen and oxygen atoms in total. The third-order valence-electron chi connectivity index (χ3n) is 5.38. The summed E-state index contributed by atoms with van der Waals surface area (Å²) in [6.45, 7) is 2.36. The van der Waals surface area contributed by atoms with Gasteiger partial charge in [-0.15, -0.1) is 0 Å². The predicted molar refractivity (Wildman–Crippen MR) is 113 cm³/mol. The van der Waals surface area contributed by atoms with Gasteiger partial charge in [0, 0.05) is 18.3 Å². The number of phenolic OH excluding ortho intramolecular Hbond substituents is 1. The van der Waals surface area contributed by atoms with Crippen LogP contribution in [-0.2, 0) is 13.0 Å². The van der Waals surface area contributed by atoms with Gasteiger partial charge in [0.05, 0.1) is 11.5 Å². The van der Waals surface area contributed by atoms with Crippen LogP contribution in [0.1, 0.15) is 28.3 Å². The molecule has 0 saturated carbocycles. The smallest absolute Gasteiger partial charge is 0.258 e. The summed E-state index contributed by atoms with van der Waals surface area (Å²) in [5.74, 6) is -0.201. The number of hydrogen-bond donors (Lipinski definition) is 2. The highest BCUT2D eigenvalue weighted by atomic mass is 16.5. The molecule has 4 rings (SSSR count). The molecule has 0 aliphatic carbocycles. The van der Waals surface area contributed by atoms with E-state index in [1.165, 1.54) is 12.1 Å². The lowest BCUT2D eigenvalue weighted by Gasteiger charge is -2.27. The van der Waals surface area contributed by atoms with Crippen LogP contribution in [0.3, 0.4) is 0 Å². The minimum absolute atomic E-state index is 0.0103. The van der Waals surface area contributed by atoms with Gasteiger partial charge in [0.25, 0.3) is 5.56 Å². The zero-order valence-electron chi connectivity index (χ0n) is 16.5. The summed E-state index contributed by atoms with van der Waals surface area (Å²) in [5.41, 5.74) is 8.94. The van der Waals surface area contributed by atoms with Crippen molar-refractivity contribution in [1.29, 1.82) is 5.26 Å². The van der Waals surface area contributed by atoms with Crippen molar-refractivity contribution in [2.24, 2.45) is 5.73 Å². The van der Waals surface area contributed by atoms with Crippen LogP contribution >= 0.6 is 0 Å². The number of nitrogens with zero attached hydrogens (tertiary/aromatic N) is 2. The van der Waals surface area contributed by atoms with Gasteiger partial charge < -0.3 is 20.1 Å². The number of nitrogens with two attached hydrogens (primary N) is 1. The van der Waals surface area contributed by atoms with E-state index in [9.17, 15) is 15.2 Å². The van der Waals surface area contributed by atoms with Crippen LogP contribution in [0.2, 0.25) is 0 Å². The minimum atomic E-state index is -0.657. The van der Waals surface area contributed by atoms with E-state index in [4.69, 9.17) is 10.5 Å². The monoisotopic (exact) mass is 399 g/mol. The van der Waals surface area contributed by atoms with Crippen molar-refractivity contribution in [3.05, 3.63) is 105 Å². The van der Waals surface area contributed by atoms with Gasteiger partial charge in [-0.3, -0.25) is 4.79 Å². The first-order valence-electron chi connectivity index (χ1n) is 9.64. The number of phenols is 1. The Morgan fingerprint density at radius 3 is 2.53 bits per heavy atom. The zero-order chi connectivity index (χ0) is 21.3. The number of aromatic hydroxyl groups is 1. The van der Waals surface area contributed by atoms with Crippen LogP contribution in [0.15, 0.2) is 76.9 Å². The van der Waals surface area contributed by atoms with Crippen LogP contribution < -0.4 is 16.0 Å². The number of hydrogen-bond acceptors (Lipinski definition) is 5. The number of benzene rings is 2. The molecule has 0 amide bonds. The highest BCUT2D eigenvalue weighted by Crippen LogP contribution is 2.40. The van der Waals surface area contributed by atoms with Crippen LogP contribution in [0.25, 0.3) is 0 Å². The maximum absolute atomic E-state index is 13.5. The number of nitriles is 1. The van der Waals surface area contributed by atoms with E-state index < -0.39 is 5.92 Å². The second kappa shape index (κ2) is 7.80. The molecule has 2 aromatic carbocycles. The molecule has 0 spiro atoms. The van der Waals surface area contributed by atoms with Crippen molar-refractivity contribution in [2.75, 3.05) is 0 Å². The first-order chi connectivity index (χ1) is 14.5. The predicted octanol–water partition coefficient (Wildman–Crippen LogP) is 3.32. The molecule has 1 atom stereocenters. The number of fused-ring (bicyclic) bond motifs is 1. The van der Waals surface area contributed by atoms with E-state index in [0.717, 1.165) is 11.3 Å². The summed E-state index contributed by atoms with van der Waals surface area (Å²) < 4.78 is 7.37. The summed E-state index contributed by atoms with van der Waals surface area (Å²) >= 11 is 0.